The van der Waals surface area contributed by atoms with Crippen LogP contribution < -0.4 is 14.8 Å². The number of ether oxygens (including phenoxy) is 2. The van der Waals surface area contributed by atoms with E-state index in [2.05, 4.69) is 6.07 Å². The van der Waals surface area contributed by atoms with Gasteiger partial charge >= 0.3 is 0 Å². The highest BCUT2D eigenvalue weighted by Crippen LogP contribution is 2.42. The van der Waals surface area contributed by atoms with E-state index in [-0.39, 0.29) is 0 Å². The molecule has 1 aliphatic rings. The van der Waals surface area contributed by atoms with Gasteiger partial charge in [0.2, 0.25) is 0 Å². The summed E-state index contributed by atoms with van der Waals surface area (Å²) in [6.07, 6.45) is 6.68. The average Bonchev–Trinajstić information content (AvgIpc) is 2.63. The Morgan fingerprint density at radius 2 is 1.54 bits per heavy atom. The van der Waals surface area contributed by atoms with Gasteiger partial charge in [0.1, 0.15) is 11.5 Å². The van der Waals surface area contributed by atoms with Crippen molar-refractivity contribution in [3.8, 4) is 22.6 Å². The Labute approximate surface area is 151 Å². The van der Waals surface area contributed by atoms with Crippen LogP contribution in [0.2, 0.25) is 5.02 Å². The van der Waals surface area contributed by atoms with Gasteiger partial charge in [0.05, 0.1) is 19.8 Å². The molecule has 0 aliphatic heterocycles. The summed E-state index contributed by atoms with van der Waals surface area (Å²) in [6.45, 7) is 0. The van der Waals surface area contributed by atoms with E-state index >= 15 is 0 Å². The van der Waals surface area contributed by atoms with Crippen molar-refractivity contribution < 1.29 is 9.47 Å². The largest absolute Gasteiger partial charge is 0.496 e. The molecule has 4 heteroatoms. The minimum absolute atomic E-state index is 0.729. The molecule has 0 N–H and O–H groups in total. The highest BCUT2D eigenvalue weighted by molar-refractivity contribution is 7.48. The van der Waals surface area contributed by atoms with Gasteiger partial charge in [0.25, 0.3) is 0 Å². The molecule has 24 heavy (non-hydrogen) atoms. The summed E-state index contributed by atoms with van der Waals surface area (Å²) in [4.78, 5) is 0. The maximum atomic E-state index is 6.61. The van der Waals surface area contributed by atoms with Crippen LogP contribution >= 0.6 is 20.2 Å². The van der Waals surface area contributed by atoms with Gasteiger partial charge in [0.15, 0.2) is 0 Å². The van der Waals surface area contributed by atoms with E-state index in [0.29, 0.717) is 0 Å². The maximum Gasteiger partial charge on any atom is 0.130 e. The number of methoxy groups -OCH3 is 2. The van der Waals surface area contributed by atoms with E-state index in [1.54, 1.807) is 14.2 Å². The first-order chi connectivity index (χ1) is 11.7. The van der Waals surface area contributed by atoms with Gasteiger partial charge in [-0.25, -0.2) is 0 Å². The average molecular weight is 363 g/mol. The maximum absolute atomic E-state index is 6.61. The third-order valence-corrected chi connectivity index (χ3v) is 6.95. The van der Waals surface area contributed by atoms with Crippen molar-refractivity contribution in [3.63, 3.8) is 0 Å². The van der Waals surface area contributed by atoms with Crippen LogP contribution in [0.4, 0.5) is 0 Å². The second kappa shape index (κ2) is 8.23. The molecule has 1 fully saturated rings. The first-order valence-electron chi connectivity index (χ1n) is 8.51. The van der Waals surface area contributed by atoms with Crippen molar-refractivity contribution in [2.24, 2.45) is 0 Å². The molecule has 0 saturated heterocycles. The normalized spacial score (nSPS) is 15.8. The lowest BCUT2D eigenvalue weighted by Gasteiger charge is -2.24. The van der Waals surface area contributed by atoms with Crippen LogP contribution in [0.1, 0.15) is 32.1 Å². The topological polar surface area (TPSA) is 18.5 Å². The zero-order valence-electron chi connectivity index (χ0n) is 14.3. The summed E-state index contributed by atoms with van der Waals surface area (Å²) in [5, 5.41) is 2.10. The predicted molar refractivity (Wildman–Crippen MR) is 105 cm³/mol. The number of rotatable bonds is 5. The fourth-order valence-electron chi connectivity index (χ4n) is 3.45. The van der Waals surface area contributed by atoms with Gasteiger partial charge in [-0.2, -0.15) is 0 Å². The van der Waals surface area contributed by atoms with Crippen LogP contribution in [0.15, 0.2) is 36.4 Å². The zero-order chi connectivity index (χ0) is 16.9. The first-order valence-corrected chi connectivity index (χ1v) is 9.96. The third kappa shape index (κ3) is 3.71. The number of halogens is 1. The van der Waals surface area contributed by atoms with E-state index < -0.39 is 0 Å². The van der Waals surface area contributed by atoms with Crippen LogP contribution in [0.25, 0.3) is 11.1 Å². The molecule has 3 rings (SSSR count). The lowest BCUT2D eigenvalue weighted by atomic mass is 10.0. The van der Waals surface area contributed by atoms with E-state index in [1.807, 2.05) is 30.3 Å². The molecule has 0 amide bonds. The Hall–Kier alpha value is -1.24. The molecule has 1 unspecified atom stereocenters. The quantitative estimate of drug-likeness (QED) is 0.639. The first kappa shape index (κ1) is 17.6. The molecule has 0 radical (unpaired) electrons. The van der Waals surface area contributed by atoms with Crippen molar-refractivity contribution in [1.82, 2.24) is 0 Å². The molecule has 1 saturated carbocycles. The van der Waals surface area contributed by atoms with Gasteiger partial charge in [-0.05, 0) is 47.6 Å². The van der Waals surface area contributed by atoms with E-state index in [4.69, 9.17) is 21.1 Å². The highest BCUT2D eigenvalue weighted by atomic mass is 35.5. The summed E-state index contributed by atoms with van der Waals surface area (Å²) in [5.74, 6) is 1.65. The molecular weight excluding hydrogens is 339 g/mol. The third-order valence-electron chi connectivity index (χ3n) is 4.66. The summed E-state index contributed by atoms with van der Waals surface area (Å²) < 4.78 is 11.2. The Morgan fingerprint density at radius 3 is 2.17 bits per heavy atom. The minimum Gasteiger partial charge on any atom is -0.496 e. The Bertz CT molecular complexity index is 674. The van der Waals surface area contributed by atoms with Crippen molar-refractivity contribution in [3.05, 3.63) is 41.4 Å². The smallest absolute Gasteiger partial charge is 0.130 e. The number of benzene rings is 2. The summed E-state index contributed by atoms with van der Waals surface area (Å²) in [6, 6.07) is 12.1. The Balaban J connectivity index is 2.07. The van der Waals surface area contributed by atoms with E-state index in [9.17, 15) is 0 Å². The molecule has 128 valence electrons. The molecule has 2 nitrogen and oxygen atoms in total. The van der Waals surface area contributed by atoms with Crippen LogP contribution in [-0.2, 0) is 0 Å². The lowest BCUT2D eigenvalue weighted by Crippen LogP contribution is -2.13. The standard InChI is InChI=1S/C20H24ClO2P/c1-22-17-12-7-13-18(23-2)19(17)15-10-6-11-16(21)20(15)24-14-8-4-3-5-9-14/h6-7,10-14,24H,3-5,8-9H2,1-2H3. The van der Waals surface area contributed by atoms with Crippen molar-refractivity contribution in [2.75, 3.05) is 14.2 Å². The van der Waals surface area contributed by atoms with E-state index in [0.717, 1.165) is 41.9 Å². The molecule has 0 bridgehead atoms. The second-order valence-electron chi connectivity index (χ2n) is 6.18. The summed E-state index contributed by atoms with van der Waals surface area (Å²) in [5.41, 5.74) is 2.89. The van der Waals surface area contributed by atoms with E-state index in [1.165, 1.54) is 37.4 Å². The second-order valence-corrected chi connectivity index (χ2v) is 8.19. The van der Waals surface area contributed by atoms with Crippen LogP contribution in [-0.4, -0.2) is 19.9 Å². The van der Waals surface area contributed by atoms with Gasteiger partial charge in [-0.1, -0.05) is 57.6 Å². The lowest BCUT2D eigenvalue weighted by molar-refractivity contribution is 0.397. The van der Waals surface area contributed by atoms with Gasteiger partial charge < -0.3 is 9.47 Å². The van der Waals surface area contributed by atoms with Crippen molar-refractivity contribution in [1.29, 1.82) is 0 Å². The molecule has 0 aromatic heterocycles. The molecule has 0 spiro atoms. The fourth-order valence-corrected chi connectivity index (χ4v) is 5.48. The van der Waals surface area contributed by atoms with Gasteiger partial charge in [-0.15, -0.1) is 0 Å². The summed E-state index contributed by atoms with van der Waals surface area (Å²) >= 11 is 6.61. The zero-order valence-corrected chi connectivity index (χ0v) is 16.0. The monoisotopic (exact) mass is 362 g/mol. The van der Waals surface area contributed by atoms with Crippen LogP contribution in [0.3, 0.4) is 0 Å². The summed E-state index contributed by atoms with van der Waals surface area (Å²) in [7, 11) is 4.13. The van der Waals surface area contributed by atoms with Crippen LogP contribution in [0.5, 0.6) is 11.5 Å². The Kier molecular flexibility index (Phi) is 6.03. The van der Waals surface area contributed by atoms with Crippen LogP contribution in [0, 0.1) is 0 Å². The van der Waals surface area contributed by atoms with Crippen molar-refractivity contribution in [2.45, 2.75) is 37.8 Å². The Morgan fingerprint density at radius 1 is 0.917 bits per heavy atom. The number of hydrogen-bond acceptors (Lipinski definition) is 2. The molecule has 2 aromatic carbocycles. The molecule has 1 aliphatic carbocycles. The van der Waals surface area contributed by atoms with Crippen molar-refractivity contribution >= 4 is 25.5 Å². The minimum atomic E-state index is 0.729. The van der Waals surface area contributed by atoms with Gasteiger partial charge in [-0.3, -0.25) is 0 Å². The number of hydrogen-bond donors (Lipinski definition) is 0. The van der Waals surface area contributed by atoms with Gasteiger partial charge in [0, 0.05) is 5.02 Å². The SMILES string of the molecule is COc1cccc(OC)c1-c1cccc(Cl)c1PC1CCCCC1. The fraction of sp³-hybridized carbons (Fsp3) is 0.400. The molecule has 2 aromatic rings. The molecule has 1 atom stereocenters. The molecular formula is C20H24ClO2P. The predicted octanol–water partition coefficient (Wildman–Crippen LogP) is 5.66. The highest BCUT2D eigenvalue weighted by Gasteiger charge is 2.21. The molecule has 0 heterocycles.